The van der Waals surface area contributed by atoms with E-state index in [-0.39, 0.29) is 6.10 Å². The number of aliphatic hydroxyl groups is 1. The maximum Gasteiger partial charge on any atom is 0.0693 e. The van der Waals surface area contributed by atoms with Gasteiger partial charge in [-0.25, -0.2) is 0 Å². The molecule has 0 saturated heterocycles. The molecule has 2 nitrogen and oxygen atoms in total. The van der Waals surface area contributed by atoms with E-state index in [1.165, 1.54) is 25.7 Å². The average Bonchev–Trinajstić information content (AvgIpc) is 2.18. The van der Waals surface area contributed by atoms with Gasteiger partial charge in [-0.3, -0.25) is 0 Å². The smallest absolute Gasteiger partial charge is 0.0693 e. The van der Waals surface area contributed by atoms with Crippen molar-refractivity contribution < 1.29 is 5.11 Å². The van der Waals surface area contributed by atoms with Gasteiger partial charge in [0.1, 0.15) is 0 Å². The van der Waals surface area contributed by atoms with Crippen LogP contribution in [-0.2, 0) is 0 Å². The zero-order valence-electron chi connectivity index (χ0n) is 10.5. The summed E-state index contributed by atoms with van der Waals surface area (Å²) in [5, 5.41) is 13.4. The van der Waals surface area contributed by atoms with Crippen LogP contribution in [-0.4, -0.2) is 23.3 Å². The van der Waals surface area contributed by atoms with Crippen molar-refractivity contribution in [3.63, 3.8) is 0 Å². The summed E-state index contributed by atoms with van der Waals surface area (Å²) >= 11 is 0. The minimum Gasteiger partial charge on any atom is -0.392 e. The third-order valence-corrected chi connectivity index (χ3v) is 3.41. The largest absolute Gasteiger partial charge is 0.392 e. The molecule has 1 fully saturated rings. The highest BCUT2D eigenvalue weighted by atomic mass is 16.3. The van der Waals surface area contributed by atoms with Crippen molar-refractivity contribution in [2.24, 2.45) is 5.92 Å². The van der Waals surface area contributed by atoms with Gasteiger partial charge in [0.05, 0.1) is 6.10 Å². The number of hydrogen-bond donors (Lipinski definition) is 2. The standard InChI is InChI=1S/C13H27NO/c1-10(2)8-9-11(3)14-12-6-4-5-7-13(12)15/h10-15H,4-9H2,1-3H3/t11-,12+,13+/m0/s1. The number of nitrogens with one attached hydrogen (secondary N) is 1. The van der Waals surface area contributed by atoms with Gasteiger partial charge in [0.2, 0.25) is 0 Å². The number of rotatable bonds is 5. The number of hydrogen-bond acceptors (Lipinski definition) is 2. The molecule has 90 valence electrons. The minimum atomic E-state index is -0.111. The van der Waals surface area contributed by atoms with Crippen LogP contribution >= 0.6 is 0 Å². The van der Waals surface area contributed by atoms with Crippen molar-refractivity contribution in [3.05, 3.63) is 0 Å². The van der Waals surface area contributed by atoms with Crippen molar-refractivity contribution >= 4 is 0 Å². The first-order valence-corrected chi connectivity index (χ1v) is 6.53. The molecule has 1 saturated carbocycles. The Kier molecular flexibility index (Phi) is 5.62. The van der Waals surface area contributed by atoms with Gasteiger partial charge >= 0.3 is 0 Å². The third kappa shape index (κ3) is 4.98. The van der Waals surface area contributed by atoms with Gasteiger partial charge < -0.3 is 10.4 Å². The van der Waals surface area contributed by atoms with Crippen molar-refractivity contribution in [1.29, 1.82) is 0 Å². The lowest BCUT2D eigenvalue weighted by molar-refractivity contribution is 0.0850. The molecule has 0 aromatic carbocycles. The number of aliphatic hydroxyl groups excluding tert-OH is 1. The zero-order chi connectivity index (χ0) is 11.3. The summed E-state index contributed by atoms with van der Waals surface area (Å²) in [6.07, 6.45) is 6.98. The molecule has 0 amide bonds. The molecule has 0 spiro atoms. The predicted octanol–water partition coefficient (Wildman–Crippen LogP) is 2.70. The van der Waals surface area contributed by atoms with Crippen molar-refractivity contribution in [2.45, 2.75) is 77.5 Å². The van der Waals surface area contributed by atoms with Crippen LogP contribution in [0.15, 0.2) is 0 Å². The van der Waals surface area contributed by atoms with E-state index < -0.39 is 0 Å². The maximum absolute atomic E-state index is 9.83. The first-order valence-electron chi connectivity index (χ1n) is 6.53. The van der Waals surface area contributed by atoms with Gasteiger partial charge in [-0.15, -0.1) is 0 Å². The summed E-state index contributed by atoms with van der Waals surface area (Å²) in [5.74, 6) is 0.783. The highest BCUT2D eigenvalue weighted by Gasteiger charge is 2.23. The van der Waals surface area contributed by atoms with E-state index in [1.54, 1.807) is 0 Å². The molecule has 0 heterocycles. The van der Waals surface area contributed by atoms with E-state index in [0.717, 1.165) is 18.8 Å². The monoisotopic (exact) mass is 213 g/mol. The molecule has 3 atom stereocenters. The lowest BCUT2D eigenvalue weighted by Crippen LogP contribution is -2.46. The topological polar surface area (TPSA) is 32.3 Å². The Hall–Kier alpha value is -0.0800. The second kappa shape index (κ2) is 6.49. The molecule has 2 heteroatoms. The summed E-state index contributed by atoms with van der Waals surface area (Å²) in [5.41, 5.74) is 0. The fourth-order valence-corrected chi connectivity index (χ4v) is 2.34. The molecule has 0 aromatic rings. The van der Waals surface area contributed by atoms with E-state index in [1.807, 2.05) is 0 Å². The SMILES string of the molecule is CC(C)CC[C@H](C)N[C@@H]1CCCC[C@H]1O. The van der Waals surface area contributed by atoms with Gasteiger partial charge in [0.25, 0.3) is 0 Å². The predicted molar refractivity (Wildman–Crippen MR) is 64.9 cm³/mol. The van der Waals surface area contributed by atoms with E-state index in [2.05, 4.69) is 26.1 Å². The molecule has 1 rings (SSSR count). The molecular weight excluding hydrogens is 186 g/mol. The Balaban J connectivity index is 2.20. The van der Waals surface area contributed by atoms with Crippen LogP contribution in [0.4, 0.5) is 0 Å². The summed E-state index contributed by atoms with van der Waals surface area (Å²) in [6.45, 7) is 6.77. The fourth-order valence-electron chi connectivity index (χ4n) is 2.34. The van der Waals surface area contributed by atoms with Crippen LogP contribution in [0.25, 0.3) is 0 Å². The Morgan fingerprint density at radius 3 is 2.40 bits per heavy atom. The first-order chi connectivity index (χ1) is 7.09. The molecule has 1 aliphatic rings. The Morgan fingerprint density at radius 1 is 1.13 bits per heavy atom. The van der Waals surface area contributed by atoms with Gasteiger partial charge in [-0.1, -0.05) is 26.7 Å². The summed E-state index contributed by atoms with van der Waals surface area (Å²) in [7, 11) is 0. The fraction of sp³-hybridized carbons (Fsp3) is 1.00. The van der Waals surface area contributed by atoms with Gasteiger partial charge in [0, 0.05) is 12.1 Å². The molecule has 0 aliphatic heterocycles. The molecule has 1 aliphatic carbocycles. The van der Waals surface area contributed by atoms with Gasteiger partial charge in [-0.2, -0.15) is 0 Å². The molecule has 15 heavy (non-hydrogen) atoms. The van der Waals surface area contributed by atoms with Gasteiger partial charge in [-0.05, 0) is 38.5 Å². The molecule has 0 radical (unpaired) electrons. The second-order valence-corrected chi connectivity index (χ2v) is 5.50. The van der Waals surface area contributed by atoms with Gasteiger partial charge in [0.15, 0.2) is 0 Å². The summed E-state index contributed by atoms with van der Waals surface area (Å²) in [4.78, 5) is 0. The quantitative estimate of drug-likeness (QED) is 0.736. The summed E-state index contributed by atoms with van der Waals surface area (Å²) in [6, 6.07) is 0.895. The van der Waals surface area contributed by atoms with Crippen LogP contribution in [0.1, 0.15) is 59.3 Å². The van der Waals surface area contributed by atoms with Crippen molar-refractivity contribution in [1.82, 2.24) is 5.32 Å². The lowest BCUT2D eigenvalue weighted by Gasteiger charge is -2.31. The van der Waals surface area contributed by atoms with Crippen LogP contribution in [0.2, 0.25) is 0 Å². The highest BCUT2D eigenvalue weighted by molar-refractivity contribution is 4.82. The van der Waals surface area contributed by atoms with Crippen molar-refractivity contribution in [3.8, 4) is 0 Å². The second-order valence-electron chi connectivity index (χ2n) is 5.50. The Morgan fingerprint density at radius 2 is 1.80 bits per heavy atom. The van der Waals surface area contributed by atoms with Crippen LogP contribution < -0.4 is 5.32 Å². The Labute approximate surface area is 94.5 Å². The Bertz CT molecular complexity index is 170. The molecule has 0 aromatic heterocycles. The third-order valence-electron chi connectivity index (χ3n) is 3.41. The zero-order valence-corrected chi connectivity index (χ0v) is 10.5. The van der Waals surface area contributed by atoms with E-state index in [0.29, 0.717) is 12.1 Å². The van der Waals surface area contributed by atoms with E-state index in [9.17, 15) is 5.11 Å². The lowest BCUT2D eigenvalue weighted by atomic mass is 9.91. The maximum atomic E-state index is 9.83. The summed E-state index contributed by atoms with van der Waals surface area (Å²) < 4.78 is 0. The molecule has 2 N–H and O–H groups in total. The highest BCUT2D eigenvalue weighted by Crippen LogP contribution is 2.19. The first kappa shape index (κ1) is 13.0. The molecule has 0 bridgehead atoms. The van der Waals surface area contributed by atoms with E-state index >= 15 is 0 Å². The molecular formula is C13H27NO. The average molecular weight is 213 g/mol. The normalized spacial score (nSPS) is 29.4. The molecule has 0 unspecified atom stereocenters. The van der Waals surface area contributed by atoms with Crippen LogP contribution in [0, 0.1) is 5.92 Å². The van der Waals surface area contributed by atoms with Crippen molar-refractivity contribution in [2.75, 3.05) is 0 Å². The van der Waals surface area contributed by atoms with Crippen LogP contribution in [0.5, 0.6) is 0 Å². The minimum absolute atomic E-state index is 0.111. The van der Waals surface area contributed by atoms with Crippen LogP contribution in [0.3, 0.4) is 0 Å². The van der Waals surface area contributed by atoms with E-state index in [4.69, 9.17) is 0 Å².